The van der Waals surface area contributed by atoms with Crippen LogP contribution >= 0.6 is 15.9 Å². The molecular formula is C17H16BrNO. The van der Waals surface area contributed by atoms with Gasteiger partial charge in [-0.1, -0.05) is 52.3 Å². The van der Waals surface area contributed by atoms with Crippen molar-refractivity contribution in [3.05, 3.63) is 70.2 Å². The normalized spacial score (nSPS) is 14.1. The zero-order chi connectivity index (χ0) is 13.9. The van der Waals surface area contributed by atoms with Crippen molar-refractivity contribution >= 4 is 21.8 Å². The molecule has 0 N–H and O–H groups in total. The van der Waals surface area contributed by atoms with Crippen molar-refractivity contribution in [2.24, 2.45) is 0 Å². The predicted octanol–water partition coefficient (Wildman–Crippen LogP) is 4.25. The van der Waals surface area contributed by atoms with E-state index in [1.165, 1.54) is 5.56 Å². The molecule has 1 aliphatic carbocycles. The second kappa shape index (κ2) is 5.80. The third-order valence-electron chi connectivity index (χ3n) is 3.52. The number of halogens is 1. The van der Waals surface area contributed by atoms with Gasteiger partial charge in [0.1, 0.15) is 0 Å². The Hall–Kier alpha value is -1.61. The van der Waals surface area contributed by atoms with Crippen LogP contribution in [0, 0.1) is 0 Å². The minimum absolute atomic E-state index is 0.123. The molecule has 0 bridgehead atoms. The maximum atomic E-state index is 12.7. The number of hydrogen-bond donors (Lipinski definition) is 0. The second-order valence-electron chi connectivity index (χ2n) is 5.16. The molecule has 3 rings (SSSR count). The van der Waals surface area contributed by atoms with Crippen LogP contribution in [0.15, 0.2) is 59.1 Å². The highest BCUT2D eigenvalue weighted by Crippen LogP contribution is 2.30. The average Bonchev–Trinajstić information content (AvgIpc) is 3.30. The summed E-state index contributed by atoms with van der Waals surface area (Å²) in [4.78, 5) is 14.7. The zero-order valence-electron chi connectivity index (χ0n) is 11.1. The summed E-state index contributed by atoms with van der Waals surface area (Å²) in [6.45, 7) is 0.691. The third kappa shape index (κ3) is 3.10. The van der Waals surface area contributed by atoms with Crippen LogP contribution in [0.1, 0.15) is 28.8 Å². The van der Waals surface area contributed by atoms with Crippen molar-refractivity contribution in [2.75, 3.05) is 0 Å². The van der Waals surface area contributed by atoms with Gasteiger partial charge in [0.2, 0.25) is 0 Å². The van der Waals surface area contributed by atoms with Crippen LogP contribution in [-0.2, 0) is 6.54 Å². The van der Waals surface area contributed by atoms with E-state index in [-0.39, 0.29) is 5.91 Å². The van der Waals surface area contributed by atoms with Gasteiger partial charge in [-0.2, -0.15) is 0 Å². The van der Waals surface area contributed by atoms with Crippen LogP contribution in [0.2, 0.25) is 0 Å². The average molecular weight is 330 g/mol. The molecule has 0 heterocycles. The van der Waals surface area contributed by atoms with Gasteiger partial charge >= 0.3 is 0 Å². The summed E-state index contributed by atoms with van der Waals surface area (Å²) in [5, 5.41) is 0. The van der Waals surface area contributed by atoms with Crippen molar-refractivity contribution in [1.82, 2.24) is 4.90 Å². The van der Waals surface area contributed by atoms with E-state index >= 15 is 0 Å². The van der Waals surface area contributed by atoms with Crippen molar-refractivity contribution < 1.29 is 4.79 Å². The summed E-state index contributed by atoms with van der Waals surface area (Å²) in [6, 6.07) is 18.2. The first-order chi connectivity index (χ1) is 9.74. The Morgan fingerprint density at radius 3 is 2.50 bits per heavy atom. The lowest BCUT2D eigenvalue weighted by Crippen LogP contribution is -2.32. The van der Waals surface area contributed by atoms with E-state index in [2.05, 4.69) is 28.1 Å². The summed E-state index contributed by atoms with van der Waals surface area (Å²) in [5.74, 6) is 0.123. The molecule has 1 aliphatic rings. The molecule has 2 nitrogen and oxygen atoms in total. The van der Waals surface area contributed by atoms with Gasteiger partial charge in [-0.25, -0.2) is 0 Å². The van der Waals surface area contributed by atoms with Crippen molar-refractivity contribution in [3.8, 4) is 0 Å². The lowest BCUT2D eigenvalue weighted by Gasteiger charge is -2.22. The van der Waals surface area contributed by atoms with Gasteiger partial charge in [0.05, 0.1) is 0 Å². The Bertz CT molecular complexity index is 607. The van der Waals surface area contributed by atoms with Crippen molar-refractivity contribution in [1.29, 1.82) is 0 Å². The molecule has 0 aliphatic heterocycles. The molecule has 0 aromatic heterocycles. The minimum Gasteiger partial charge on any atom is -0.331 e. The Kier molecular flexibility index (Phi) is 3.88. The quantitative estimate of drug-likeness (QED) is 0.820. The fraction of sp³-hybridized carbons (Fsp3) is 0.235. The molecule has 0 radical (unpaired) electrons. The molecule has 2 aromatic rings. The highest BCUT2D eigenvalue weighted by atomic mass is 79.9. The van der Waals surface area contributed by atoms with Gasteiger partial charge in [-0.05, 0) is 36.6 Å². The topological polar surface area (TPSA) is 20.3 Å². The van der Waals surface area contributed by atoms with E-state index in [4.69, 9.17) is 0 Å². The molecule has 20 heavy (non-hydrogen) atoms. The van der Waals surface area contributed by atoms with E-state index in [0.717, 1.165) is 22.9 Å². The smallest absolute Gasteiger partial charge is 0.254 e. The van der Waals surface area contributed by atoms with E-state index in [0.29, 0.717) is 12.6 Å². The van der Waals surface area contributed by atoms with Gasteiger partial charge in [0.25, 0.3) is 5.91 Å². The third-order valence-corrected chi connectivity index (χ3v) is 4.01. The fourth-order valence-corrected chi connectivity index (χ4v) is 2.72. The van der Waals surface area contributed by atoms with Crippen LogP contribution in [0.25, 0.3) is 0 Å². The van der Waals surface area contributed by atoms with Crippen LogP contribution in [0.5, 0.6) is 0 Å². The monoisotopic (exact) mass is 329 g/mol. The van der Waals surface area contributed by atoms with E-state index in [1.54, 1.807) is 0 Å². The van der Waals surface area contributed by atoms with Gasteiger partial charge in [0, 0.05) is 22.6 Å². The number of carbonyl (C=O) groups is 1. The molecule has 0 spiro atoms. The summed E-state index contributed by atoms with van der Waals surface area (Å²) < 4.78 is 0.943. The second-order valence-corrected chi connectivity index (χ2v) is 6.08. The molecule has 1 amide bonds. The minimum atomic E-state index is 0.123. The van der Waals surface area contributed by atoms with Gasteiger partial charge in [0.15, 0.2) is 0 Å². The first-order valence-corrected chi connectivity index (χ1v) is 7.64. The van der Waals surface area contributed by atoms with E-state index in [9.17, 15) is 4.79 Å². The van der Waals surface area contributed by atoms with Gasteiger partial charge in [-0.3, -0.25) is 4.79 Å². The van der Waals surface area contributed by atoms with Crippen molar-refractivity contribution in [3.63, 3.8) is 0 Å². The van der Waals surface area contributed by atoms with Crippen LogP contribution in [0.3, 0.4) is 0 Å². The number of carbonyl (C=O) groups excluding carboxylic acids is 1. The highest BCUT2D eigenvalue weighted by Gasteiger charge is 2.33. The largest absolute Gasteiger partial charge is 0.331 e. The SMILES string of the molecule is O=C(c1cccc(Br)c1)N(Cc1ccccc1)C1CC1. The van der Waals surface area contributed by atoms with E-state index in [1.807, 2.05) is 47.4 Å². The van der Waals surface area contributed by atoms with Crippen molar-refractivity contribution in [2.45, 2.75) is 25.4 Å². The molecule has 0 atom stereocenters. The summed E-state index contributed by atoms with van der Waals surface area (Å²) in [6.07, 6.45) is 2.24. The molecular weight excluding hydrogens is 314 g/mol. The number of benzene rings is 2. The standard InChI is InChI=1S/C17H16BrNO/c18-15-8-4-7-14(11-15)17(20)19(16-9-10-16)12-13-5-2-1-3-6-13/h1-8,11,16H,9-10,12H2. The predicted molar refractivity (Wildman–Crippen MR) is 83.5 cm³/mol. The van der Waals surface area contributed by atoms with Crippen LogP contribution in [-0.4, -0.2) is 16.8 Å². The molecule has 0 unspecified atom stereocenters. The summed E-state index contributed by atoms with van der Waals surface area (Å²) in [5.41, 5.74) is 1.94. The first kappa shape index (κ1) is 13.4. The molecule has 3 heteroatoms. The molecule has 2 aromatic carbocycles. The zero-order valence-corrected chi connectivity index (χ0v) is 12.7. The van der Waals surface area contributed by atoms with E-state index < -0.39 is 0 Å². The lowest BCUT2D eigenvalue weighted by atomic mass is 10.1. The van der Waals surface area contributed by atoms with Crippen LogP contribution < -0.4 is 0 Å². The summed E-state index contributed by atoms with van der Waals surface area (Å²) in [7, 11) is 0. The first-order valence-electron chi connectivity index (χ1n) is 6.84. The Balaban J connectivity index is 1.82. The van der Waals surface area contributed by atoms with Gasteiger partial charge in [-0.15, -0.1) is 0 Å². The Morgan fingerprint density at radius 1 is 1.10 bits per heavy atom. The Morgan fingerprint density at radius 2 is 1.85 bits per heavy atom. The number of amides is 1. The molecule has 1 saturated carbocycles. The maximum absolute atomic E-state index is 12.7. The summed E-state index contributed by atoms with van der Waals surface area (Å²) >= 11 is 3.43. The Labute approximate surface area is 127 Å². The maximum Gasteiger partial charge on any atom is 0.254 e. The molecule has 0 saturated heterocycles. The number of nitrogens with zero attached hydrogens (tertiary/aromatic N) is 1. The fourth-order valence-electron chi connectivity index (χ4n) is 2.32. The number of rotatable bonds is 4. The number of hydrogen-bond acceptors (Lipinski definition) is 1. The molecule has 102 valence electrons. The van der Waals surface area contributed by atoms with Gasteiger partial charge < -0.3 is 4.90 Å². The lowest BCUT2D eigenvalue weighted by molar-refractivity contribution is 0.0730. The highest BCUT2D eigenvalue weighted by molar-refractivity contribution is 9.10. The van der Waals surface area contributed by atoms with Crippen LogP contribution in [0.4, 0.5) is 0 Å². The molecule has 1 fully saturated rings.